The molecule has 0 bridgehead atoms. The normalized spacial score (nSPS) is 10.6. The van der Waals surface area contributed by atoms with Gasteiger partial charge in [-0.3, -0.25) is 0 Å². The van der Waals surface area contributed by atoms with E-state index in [0.717, 1.165) is 22.9 Å². The molecule has 0 aliphatic rings. The van der Waals surface area contributed by atoms with Gasteiger partial charge in [0.1, 0.15) is 16.8 Å². The van der Waals surface area contributed by atoms with Crippen molar-refractivity contribution in [2.45, 2.75) is 20.4 Å². The summed E-state index contributed by atoms with van der Waals surface area (Å²) in [4.78, 5) is 10.7. The van der Waals surface area contributed by atoms with Crippen molar-refractivity contribution in [1.29, 1.82) is 0 Å². The molecule has 0 unspecified atom stereocenters. The number of nitrogens with zero attached hydrogens (tertiary/aromatic N) is 3. The Labute approximate surface area is 123 Å². The molecule has 100 valence electrons. The van der Waals surface area contributed by atoms with Gasteiger partial charge in [0, 0.05) is 24.2 Å². The maximum absolute atomic E-state index is 6.09. The number of aromatic nitrogens is 2. The molecule has 19 heavy (non-hydrogen) atoms. The lowest BCUT2D eigenvalue weighted by Crippen LogP contribution is -2.19. The number of anilines is 1. The second-order valence-electron chi connectivity index (χ2n) is 4.49. The minimum absolute atomic E-state index is 0.505. The summed E-state index contributed by atoms with van der Waals surface area (Å²) in [6.07, 6.45) is 0. The molecule has 1 aromatic carbocycles. The lowest BCUT2D eigenvalue weighted by atomic mass is 10.2. The van der Waals surface area contributed by atoms with Gasteiger partial charge < -0.3 is 4.90 Å². The molecule has 0 N–H and O–H groups in total. The largest absolute Gasteiger partial charge is 0.355 e. The molecule has 0 radical (unpaired) electrons. The van der Waals surface area contributed by atoms with Crippen LogP contribution in [0.5, 0.6) is 0 Å². The minimum atomic E-state index is 0.505. The average Bonchev–Trinajstić information content (AvgIpc) is 2.36. The first-order valence-corrected chi connectivity index (χ1v) is 6.69. The molecule has 1 heterocycles. The molecule has 0 amide bonds. The Morgan fingerprint density at radius 3 is 2.32 bits per heavy atom. The maximum atomic E-state index is 6.09. The molecular formula is C14H15Cl2N3. The van der Waals surface area contributed by atoms with E-state index in [-0.39, 0.29) is 0 Å². The molecule has 0 saturated carbocycles. The van der Waals surface area contributed by atoms with E-state index < -0.39 is 0 Å². The van der Waals surface area contributed by atoms with Crippen molar-refractivity contribution < 1.29 is 0 Å². The fraction of sp³-hybridized carbons (Fsp3) is 0.286. The van der Waals surface area contributed by atoms with Gasteiger partial charge in [-0.05, 0) is 31.5 Å². The quantitative estimate of drug-likeness (QED) is 0.801. The highest BCUT2D eigenvalue weighted by Gasteiger charge is 2.12. The number of hydrogen-bond acceptors (Lipinski definition) is 3. The SMILES string of the molecule is Cc1nc(Cl)c(C)c(N(C)Cc2ccc(Cl)cc2)n1. The first-order chi connectivity index (χ1) is 8.97. The number of hydrogen-bond donors (Lipinski definition) is 0. The summed E-state index contributed by atoms with van der Waals surface area (Å²) in [6, 6.07) is 7.78. The third kappa shape index (κ3) is 3.37. The molecule has 0 fully saturated rings. The zero-order valence-electron chi connectivity index (χ0n) is 11.1. The van der Waals surface area contributed by atoms with Crippen LogP contribution < -0.4 is 4.90 Å². The van der Waals surface area contributed by atoms with Crippen LogP contribution in [0.25, 0.3) is 0 Å². The second kappa shape index (κ2) is 5.76. The van der Waals surface area contributed by atoms with E-state index in [9.17, 15) is 0 Å². The zero-order valence-corrected chi connectivity index (χ0v) is 12.6. The molecule has 0 aliphatic carbocycles. The van der Waals surface area contributed by atoms with Gasteiger partial charge in [0.05, 0.1) is 0 Å². The standard InChI is InChI=1S/C14H15Cl2N3/c1-9-13(16)17-10(2)18-14(9)19(3)8-11-4-6-12(15)7-5-11/h4-7H,8H2,1-3H3. The summed E-state index contributed by atoms with van der Waals surface area (Å²) in [5.41, 5.74) is 2.06. The van der Waals surface area contributed by atoms with Crippen molar-refractivity contribution in [3.63, 3.8) is 0 Å². The molecule has 2 rings (SSSR count). The Balaban J connectivity index is 2.24. The van der Waals surface area contributed by atoms with E-state index in [2.05, 4.69) is 14.9 Å². The van der Waals surface area contributed by atoms with Crippen molar-refractivity contribution in [3.05, 3.63) is 51.4 Å². The highest BCUT2D eigenvalue weighted by Crippen LogP contribution is 2.23. The summed E-state index contributed by atoms with van der Waals surface area (Å²) >= 11 is 12.0. The van der Waals surface area contributed by atoms with Crippen LogP contribution in [0, 0.1) is 13.8 Å². The number of halogens is 2. The van der Waals surface area contributed by atoms with E-state index in [1.54, 1.807) is 0 Å². The summed E-state index contributed by atoms with van der Waals surface area (Å²) in [5, 5.41) is 1.24. The molecule has 0 aliphatic heterocycles. The first-order valence-electron chi connectivity index (χ1n) is 5.93. The van der Waals surface area contributed by atoms with Crippen LogP contribution in [0.4, 0.5) is 5.82 Å². The number of aryl methyl sites for hydroxylation is 1. The van der Waals surface area contributed by atoms with Crippen LogP contribution in [0.3, 0.4) is 0 Å². The van der Waals surface area contributed by atoms with Gasteiger partial charge in [0.25, 0.3) is 0 Å². The summed E-state index contributed by atoms with van der Waals surface area (Å²) in [6.45, 7) is 4.51. The van der Waals surface area contributed by atoms with Crippen molar-refractivity contribution in [2.24, 2.45) is 0 Å². The van der Waals surface area contributed by atoms with Crippen LogP contribution >= 0.6 is 23.2 Å². The fourth-order valence-electron chi connectivity index (χ4n) is 1.89. The highest BCUT2D eigenvalue weighted by molar-refractivity contribution is 6.30. The van der Waals surface area contributed by atoms with Gasteiger partial charge in [0.15, 0.2) is 0 Å². The summed E-state index contributed by atoms with van der Waals surface area (Å²) < 4.78 is 0. The van der Waals surface area contributed by atoms with Crippen LogP contribution in [0.2, 0.25) is 10.2 Å². The van der Waals surface area contributed by atoms with Crippen molar-refractivity contribution in [3.8, 4) is 0 Å². The van der Waals surface area contributed by atoms with Crippen LogP contribution in [-0.2, 0) is 6.54 Å². The molecule has 1 aromatic heterocycles. The lowest BCUT2D eigenvalue weighted by Gasteiger charge is -2.21. The van der Waals surface area contributed by atoms with Crippen molar-refractivity contribution >= 4 is 29.0 Å². The van der Waals surface area contributed by atoms with Gasteiger partial charge in [-0.1, -0.05) is 35.3 Å². The monoisotopic (exact) mass is 295 g/mol. The van der Waals surface area contributed by atoms with E-state index in [1.165, 1.54) is 5.56 Å². The fourth-order valence-corrected chi connectivity index (χ4v) is 2.22. The summed E-state index contributed by atoms with van der Waals surface area (Å²) in [5.74, 6) is 1.53. The molecule has 0 atom stereocenters. The van der Waals surface area contributed by atoms with Gasteiger partial charge in [0.2, 0.25) is 0 Å². The molecule has 0 spiro atoms. The van der Waals surface area contributed by atoms with E-state index in [4.69, 9.17) is 23.2 Å². The second-order valence-corrected chi connectivity index (χ2v) is 5.29. The molecular weight excluding hydrogens is 281 g/mol. The number of rotatable bonds is 3. The van der Waals surface area contributed by atoms with E-state index >= 15 is 0 Å². The number of benzene rings is 1. The minimum Gasteiger partial charge on any atom is -0.355 e. The van der Waals surface area contributed by atoms with Crippen molar-refractivity contribution in [2.75, 3.05) is 11.9 Å². The van der Waals surface area contributed by atoms with E-state index in [0.29, 0.717) is 11.0 Å². The maximum Gasteiger partial charge on any atom is 0.137 e. The van der Waals surface area contributed by atoms with Gasteiger partial charge in [-0.25, -0.2) is 9.97 Å². The Bertz CT molecular complexity index is 582. The van der Waals surface area contributed by atoms with Gasteiger partial charge in [-0.2, -0.15) is 0 Å². The Hall–Kier alpha value is -1.32. The Morgan fingerprint density at radius 1 is 1.05 bits per heavy atom. The predicted octanol–water partition coefficient (Wildman–Crippen LogP) is 4.04. The van der Waals surface area contributed by atoms with Crippen LogP contribution in [-0.4, -0.2) is 17.0 Å². The third-order valence-corrected chi connectivity index (χ3v) is 3.49. The molecule has 3 nitrogen and oxygen atoms in total. The molecule has 0 saturated heterocycles. The first kappa shape index (κ1) is 14.1. The molecule has 5 heteroatoms. The summed E-state index contributed by atoms with van der Waals surface area (Å²) in [7, 11) is 1.99. The highest BCUT2D eigenvalue weighted by atomic mass is 35.5. The predicted molar refractivity (Wildman–Crippen MR) is 80.1 cm³/mol. The molecule has 2 aromatic rings. The van der Waals surface area contributed by atoms with E-state index in [1.807, 2.05) is 45.2 Å². The van der Waals surface area contributed by atoms with Crippen LogP contribution in [0.15, 0.2) is 24.3 Å². The smallest absolute Gasteiger partial charge is 0.137 e. The Kier molecular flexibility index (Phi) is 4.27. The van der Waals surface area contributed by atoms with Crippen molar-refractivity contribution in [1.82, 2.24) is 9.97 Å². The lowest BCUT2D eigenvalue weighted by molar-refractivity contribution is 0.870. The topological polar surface area (TPSA) is 29.0 Å². The van der Waals surface area contributed by atoms with Crippen LogP contribution in [0.1, 0.15) is 17.0 Å². The third-order valence-electron chi connectivity index (χ3n) is 2.87. The Morgan fingerprint density at radius 2 is 1.68 bits per heavy atom. The zero-order chi connectivity index (χ0) is 14.0. The van der Waals surface area contributed by atoms with Gasteiger partial charge >= 0.3 is 0 Å². The average molecular weight is 296 g/mol. The van der Waals surface area contributed by atoms with Gasteiger partial charge in [-0.15, -0.1) is 0 Å².